The standard InChI is InChI=1S/C14H19ClN2S/c1-9-5-10(2)8-17(7-9)13-4-3-11(14(16)18)6-12(13)15/h3-4,6,9-10H,5,7-8H2,1-2H3,(H2,16,18). The molecule has 2 unspecified atom stereocenters. The summed E-state index contributed by atoms with van der Waals surface area (Å²) in [5.74, 6) is 1.42. The van der Waals surface area contributed by atoms with Crippen molar-refractivity contribution in [2.24, 2.45) is 17.6 Å². The van der Waals surface area contributed by atoms with Crippen LogP contribution in [0.25, 0.3) is 0 Å². The minimum absolute atomic E-state index is 0.392. The lowest BCUT2D eigenvalue weighted by atomic mass is 9.91. The molecule has 0 aromatic heterocycles. The third-order valence-electron chi connectivity index (χ3n) is 3.44. The highest BCUT2D eigenvalue weighted by molar-refractivity contribution is 7.80. The molecule has 2 rings (SSSR count). The van der Waals surface area contributed by atoms with Crippen molar-refractivity contribution in [1.82, 2.24) is 0 Å². The van der Waals surface area contributed by atoms with Crippen molar-refractivity contribution < 1.29 is 0 Å². The summed E-state index contributed by atoms with van der Waals surface area (Å²) in [6.07, 6.45) is 1.29. The normalized spacial score (nSPS) is 24.1. The lowest BCUT2D eigenvalue weighted by Crippen LogP contribution is -2.38. The highest BCUT2D eigenvalue weighted by Crippen LogP contribution is 2.32. The number of piperidine rings is 1. The smallest absolute Gasteiger partial charge is 0.104 e. The van der Waals surface area contributed by atoms with Gasteiger partial charge >= 0.3 is 0 Å². The molecule has 1 fully saturated rings. The number of hydrogen-bond acceptors (Lipinski definition) is 2. The largest absolute Gasteiger partial charge is 0.389 e. The van der Waals surface area contributed by atoms with Crippen LogP contribution in [-0.2, 0) is 0 Å². The van der Waals surface area contributed by atoms with Crippen molar-refractivity contribution >= 4 is 34.5 Å². The Balaban J connectivity index is 2.25. The molecular formula is C14H19ClN2S. The average Bonchev–Trinajstić information content (AvgIpc) is 2.27. The molecule has 0 amide bonds. The van der Waals surface area contributed by atoms with E-state index in [2.05, 4.69) is 18.7 Å². The molecule has 0 radical (unpaired) electrons. The number of halogens is 1. The minimum atomic E-state index is 0.392. The molecule has 0 aliphatic carbocycles. The molecule has 1 aliphatic heterocycles. The number of nitrogens with zero attached hydrogens (tertiary/aromatic N) is 1. The van der Waals surface area contributed by atoms with Gasteiger partial charge in [0.1, 0.15) is 4.99 Å². The van der Waals surface area contributed by atoms with Crippen LogP contribution in [0, 0.1) is 11.8 Å². The van der Waals surface area contributed by atoms with Gasteiger partial charge in [-0.05, 0) is 36.5 Å². The number of benzene rings is 1. The van der Waals surface area contributed by atoms with E-state index in [9.17, 15) is 0 Å². The summed E-state index contributed by atoms with van der Waals surface area (Å²) in [6.45, 7) is 6.72. The van der Waals surface area contributed by atoms with E-state index in [1.165, 1.54) is 6.42 Å². The van der Waals surface area contributed by atoms with Gasteiger partial charge < -0.3 is 10.6 Å². The second kappa shape index (κ2) is 5.45. The first kappa shape index (κ1) is 13.6. The number of rotatable bonds is 2. The summed E-state index contributed by atoms with van der Waals surface area (Å²) in [6, 6.07) is 5.85. The number of nitrogens with two attached hydrogens (primary N) is 1. The van der Waals surface area contributed by atoms with E-state index >= 15 is 0 Å². The lowest BCUT2D eigenvalue weighted by Gasteiger charge is -2.37. The summed E-state index contributed by atoms with van der Waals surface area (Å²) < 4.78 is 0. The minimum Gasteiger partial charge on any atom is -0.389 e. The van der Waals surface area contributed by atoms with Crippen molar-refractivity contribution in [1.29, 1.82) is 0 Å². The predicted octanol–water partition coefficient (Wildman–Crippen LogP) is 3.46. The summed E-state index contributed by atoms with van der Waals surface area (Å²) >= 11 is 11.3. The molecule has 18 heavy (non-hydrogen) atoms. The van der Waals surface area contributed by atoms with Gasteiger partial charge in [-0.25, -0.2) is 0 Å². The van der Waals surface area contributed by atoms with E-state index in [1.807, 2.05) is 18.2 Å². The van der Waals surface area contributed by atoms with Gasteiger partial charge in [0, 0.05) is 18.7 Å². The fourth-order valence-corrected chi connectivity index (χ4v) is 3.20. The highest BCUT2D eigenvalue weighted by Gasteiger charge is 2.23. The predicted molar refractivity (Wildman–Crippen MR) is 82.5 cm³/mol. The number of anilines is 1. The van der Waals surface area contributed by atoms with Crippen LogP contribution in [0.15, 0.2) is 18.2 Å². The monoisotopic (exact) mass is 282 g/mol. The third kappa shape index (κ3) is 2.96. The van der Waals surface area contributed by atoms with Crippen molar-refractivity contribution in [2.75, 3.05) is 18.0 Å². The maximum absolute atomic E-state index is 6.35. The molecule has 4 heteroatoms. The Morgan fingerprint density at radius 3 is 2.44 bits per heavy atom. The molecule has 1 heterocycles. The Labute approximate surface area is 119 Å². The van der Waals surface area contributed by atoms with Gasteiger partial charge in [-0.2, -0.15) is 0 Å². The molecule has 0 saturated carbocycles. The van der Waals surface area contributed by atoms with E-state index in [4.69, 9.17) is 29.6 Å². The Morgan fingerprint density at radius 2 is 1.94 bits per heavy atom. The zero-order valence-corrected chi connectivity index (χ0v) is 12.4. The van der Waals surface area contributed by atoms with Gasteiger partial charge in [0.15, 0.2) is 0 Å². The molecule has 1 aliphatic rings. The first-order valence-electron chi connectivity index (χ1n) is 6.31. The molecule has 2 N–H and O–H groups in total. The van der Waals surface area contributed by atoms with Crippen molar-refractivity contribution in [2.45, 2.75) is 20.3 Å². The summed E-state index contributed by atoms with van der Waals surface area (Å²) in [5, 5.41) is 0.738. The fraction of sp³-hybridized carbons (Fsp3) is 0.500. The fourth-order valence-electron chi connectivity index (χ4n) is 2.78. The zero-order valence-electron chi connectivity index (χ0n) is 10.8. The second-order valence-electron chi connectivity index (χ2n) is 5.38. The van der Waals surface area contributed by atoms with Gasteiger partial charge in [0.2, 0.25) is 0 Å². The van der Waals surface area contributed by atoms with Crippen LogP contribution in [-0.4, -0.2) is 18.1 Å². The first-order valence-corrected chi connectivity index (χ1v) is 7.10. The van der Waals surface area contributed by atoms with Gasteiger partial charge in [0.25, 0.3) is 0 Å². The van der Waals surface area contributed by atoms with Gasteiger partial charge in [0.05, 0.1) is 10.7 Å². The molecule has 1 aromatic rings. The molecular weight excluding hydrogens is 264 g/mol. The van der Waals surface area contributed by atoms with Crippen molar-refractivity contribution in [3.63, 3.8) is 0 Å². The van der Waals surface area contributed by atoms with Gasteiger partial charge in [-0.1, -0.05) is 37.7 Å². The third-order valence-corrected chi connectivity index (χ3v) is 3.98. The van der Waals surface area contributed by atoms with Crippen molar-refractivity contribution in [3.8, 4) is 0 Å². The lowest BCUT2D eigenvalue weighted by molar-refractivity contribution is 0.357. The Kier molecular flexibility index (Phi) is 4.13. The van der Waals surface area contributed by atoms with Crippen molar-refractivity contribution in [3.05, 3.63) is 28.8 Å². The van der Waals surface area contributed by atoms with E-state index in [0.29, 0.717) is 16.8 Å². The number of thiocarbonyl (C=S) groups is 1. The molecule has 2 nitrogen and oxygen atoms in total. The van der Waals surface area contributed by atoms with Crippen LogP contribution in [0.2, 0.25) is 5.02 Å². The Bertz CT molecular complexity index is 451. The molecule has 98 valence electrons. The maximum Gasteiger partial charge on any atom is 0.104 e. The summed E-state index contributed by atoms with van der Waals surface area (Å²) in [5.41, 5.74) is 7.54. The highest BCUT2D eigenvalue weighted by atomic mass is 35.5. The Hall–Kier alpha value is -0.800. The van der Waals surface area contributed by atoms with Gasteiger partial charge in [-0.15, -0.1) is 0 Å². The SMILES string of the molecule is CC1CC(C)CN(c2ccc(C(N)=S)cc2Cl)C1. The van der Waals surface area contributed by atoms with Crippen LogP contribution >= 0.6 is 23.8 Å². The first-order chi connectivity index (χ1) is 8.47. The van der Waals surface area contributed by atoms with Crippen LogP contribution < -0.4 is 10.6 Å². The quantitative estimate of drug-likeness (QED) is 0.843. The van der Waals surface area contributed by atoms with Crippen LogP contribution in [0.1, 0.15) is 25.8 Å². The van der Waals surface area contributed by atoms with E-state index < -0.39 is 0 Å². The molecule has 0 spiro atoms. The average molecular weight is 283 g/mol. The topological polar surface area (TPSA) is 29.3 Å². The second-order valence-corrected chi connectivity index (χ2v) is 6.23. The molecule has 1 saturated heterocycles. The summed E-state index contributed by atoms with van der Waals surface area (Å²) in [4.78, 5) is 2.76. The number of hydrogen-bond donors (Lipinski definition) is 1. The maximum atomic E-state index is 6.35. The molecule has 1 aromatic carbocycles. The van der Waals surface area contributed by atoms with Crippen LogP contribution in [0.5, 0.6) is 0 Å². The van der Waals surface area contributed by atoms with E-state index in [1.54, 1.807) is 0 Å². The van der Waals surface area contributed by atoms with E-state index in [-0.39, 0.29) is 0 Å². The Morgan fingerprint density at radius 1 is 1.33 bits per heavy atom. The molecule has 2 atom stereocenters. The molecule has 0 bridgehead atoms. The summed E-state index contributed by atoms with van der Waals surface area (Å²) in [7, 11) is 0. The zero-order chi connectivity index (χ0) is 13.3. The van der Waals surface area contributed by atoms with Crippen LogP contribution in [0.3, 0.4) is 0 Å². The van der Waals surface area contributed by atoms with Gasteiger partial charge in [-0.3, -0.25) is 0 Å². The van der Waals surface area contributed by atoms with E-state index in [0.717, 1.165) is 29.4 Å². The van der Waals surface area contributed by atoms with Crippen LogP contribution in [0.4, 0.5) is 5.69 Å².